The van der Waals surface area contributed by atoms with E-state index in [0.717, 1.165) is 18.0 Å². The van der Waals surface area contributed by atoms with Gasteiger partial charge in [0, 0.05) is 18.2 Å². The van der Waals surface area contributed by atoms with E-state index < -0.39 is 0 Å². The van der Waals surface area contributed by atoms with Crippen LogP contribution in [0.1, 0.15) is 23.1 Å². The lowest BCUT2D eigenvalue weighted by Gasteiger charge is -2.31. The van der Waals surface area contributed by atoms with Crippen molar-refractivity contribution >= 4 is 0 Å². The summed E-state index contributed by atoms with van der Waals surface area (Å²) in [5, 5.41) is 0. The number of likely N-dealkylation sites (tertiary alicyclic amines) is 1. The average Bonchev–Trinajstić information content (AvgIpc) is 2.71. The molecule has 0 N–H and O–H groups in total. The third kappa shape index (κ3) is 4.05. The summed E-state index contributed by atoms with van der Waals surface area (Å²) in [4.78, 5) is 2.43. The number of ether oxygens (including phenoxy) is 2. The van der Waals surface area contributed by atoms with Gasteiger partial charge in [-0.3, -0.25) is 4.90 Å². The third-order valence-corrected chi connectivity index (χ3v) is 5.53. The number of methoxy groups -OCH3 is 1. The smallest absolute Gasteiger partial charge is 0.127 e. The van der Waals surface area contributed by atoms with Gasteiger partial charge >= 0.3 is 0 Å². The molecule has 0 amide bonds. The zero-order valence-electron chi connectivity index (χ0n) is 16.7. The predicted octanol–water partition coefficient (Wildman–Crippen LogP) is 5.46. The minimum Gasteiger partial charge on any atom is -0.496 e. The number of hydrogen-bond acceptors (Lipinski definition) is 3. The van der Waals surface area contributed by atoms with Crippen molar-refractivity contribution in [1.29, 1.82) is 0 Å². The molecule has 0 aliphatic carbocycles. The van der Waals surface area contributed by atoms with E-state index in [1.54, 1.807) is 7.11 Å². The predicted molar refractivity (Wildman–Crippen MR) is 114 cm³/mol. The molecule has 0 unspecified atom stereocenters. The lowest BCUT2D eigenvalue weighted by atomic mass is 9.97. The summed E-state index contributed by atoms with van der Waals surface area (Å²) >= 11 is 0. The number of benzene rings is 3. The molecule has 3 nitrogen and oxygen atoms in total. The number of rotatable bonds is 7. The van der Waals surface area contributed by atoms with Crippen molar-refractivity contribution < 1.29 is 9.47 Å². The summed E-state index contributed by atoms with van der Waals surface area (Å²) in [5.74, 6) is 1.74. The topological polar surface area (TPSA) is 21.7 Å². The van der Waals surface area contributed by atoms with Crippen LogP contribution in [0.4, 0.5) is 0 Å². The van der Waals surface area contributed by atoms with E-state index in [4.69, 9.17) is 9.47 Å². The lowest BCUT2D eigenvalue weighted by molar-refractivity contribution is 0.170. The molecular formula is C25H27NO2. The maximum Gasteiger partial charge on any atom is 0.127 e. The van der Waals surface area contributed by atoms with E-state index in [-0.39, 0.29) is 0 Å². The summed E-state index contributed by atoms with van der Waals surface area (Å²) < 4.78 is 11.7. The van der Waals surface area contributed by atoms with Gasteiger partial charge in [0.05, 0.1) is 7.11 Å². The molecule has 0 spiro atoms. The molecule has 3 aromatic rings. The van der Waals surface area contributed by atoms with Gasteiger partial charge in [-0.15, -0.1) is 0 Å². The normalized spacial score (nSPS) is 13.8. The Morgan fingerprint density at radius 3 is 2.43 bits per heavy atom. The second kappa shape index (κ2) is 8.49. The second-order valence-electron chi connectivity index (χ2n) is 7.35. The Morgan fingerprint density at radius 2 is 1.71 bits per heavy atom. The van der Waals surface area contributed by atoms with Gasteiger partial charge in [0.2, 0.25) is 0 Å². The van der Waals surface area contributed by atoms with Gasteiger partial charge in [0.25, 0.3) is 0 Å². The van der Waals surface area contributed by atoms with Crippen LogP contribution in [0.3, 0.4) is 0 Å². The van der Waals surface area contributed by atoms with Gasteiger partial charge in [0.15, 0.2) is 0 Å². The van der Waals surface area contributed by atoms with Crippen LogP contribution in [0.5, 0.6) is 11.5 Å². The van der Waals surface area contributed by atoms with E-state index in [1.165, 1.54) is 47.3 Å². The minimum atomic E-state index is 0.543. The number of hydrogen-bond donors (Lipinski definition) is 0. The van der Waals surface area contributed by atoms with Gasteiger partial charge in [-0.1, -0.05) is 54.6 Å². The highest BCUT2D eigenvalue weighted by molar-refractivity contribution is 5.68. The highest BCUT2D eigenvalue weighted by Crippen LogP contribution is 2.29. The molecule has 1 aliphatic heterocycles. The van der Waals surface area contributed by atoms with Crippen molar-refractivity contribution in [3.05, 3.63) is 83.4 Å². The molecule has 3 aromatic carbocycles. The van der Waals surface area contributed by atoms with Crippen molar-refractivity contribution in [1.82, 2.24) is 4.90 Å². The molecule has 0 radical (unpaired) electrons. The average molecular weight is 373 g/mol. The summed E-state index contributed by atoms with van der Waals surface area (Å²) in [5.41, 5.74) is 6.17. The number of nitrogens with zero attached hydrogens (tertiary/aromatic N) is 1. The molecule has 4 rings (SSSR count). The molecule has 1 saturated heterocycles. The maximum absolute atomic E-state index is 6.11. The Kier molecular flexibility index (Phi) is 5.63. The van der Waals surface area contributed by atoms with Crippen LogP contribution in [0.25, 0.3) is 11.1 Å². The van der Waals surface area contributed by atoms with Gasteiger partial charge in [-0.2, -0.15) is 0 Å². The fourth-order valence-electron chi connectivity index (χ4n) is 3.66. The van der Waals surface area contributed by atoms with Crippen molar-refractivity contribution in [2.45, 2.75) is 26.5 Å². The van der Waals surface area contributed by atoms with Crippen molar-refractivity contribution in [3.8, 4) is 22.6 Å². The molecule has 3 heteroatoms. The first-order valence-electron chi connectivity index (χ1n) is 9.90. The Labute approximate surface area is 167 Å². The van der Waals surface area contributed by atoms with E-state index in [2.05, 4.69) is 60.4 Å². The highest BCUT2D eigenvalue weighted by atomic mass is 16.5. The first kappa shape index (κ1) is 18.6. The van der Waals surface area contributed by atoms with Crippen LogP contribution in [0.15, 0.2) is 66.7 Å². The first-order valence-corrected chi connectivity index (χ1v) is 9.90. The molecule has 1 fully saturated rings. The van der Waals surface area contributed by atoms with E-state index in [0.29, 0.717) is 6.61 Å². The van der Waals surface area contributed by atoms with Gasteiger partial charge < -0.3 is 9.47 Å². The largest absolute Gasteiger partial charge is 0.496 e. The molecule has 144 valence electrons. The summed E-state index contributed by atoms with van der Waals surface area (Å²) in [6.45, 7) is 6.01. The van der Waals surface area contributed by atoms with Crippen molar-refractivity contribution in [2.24, 2.45) is 0 Å². The highest BCUT2D eigenvalue weighted by Gasteiger charge is 2.16. The fourth-order valence-corrected chi connectivity index (χ4v) is 3.66. The molecule has 0 atom stereocenters. The molecule has 0 aromatic heterocycles. The maximum atomic E-state index is 6.11. The van der Waals surface area contributed by atoms with E-state index in [1.807, 2.05) is 18.2 Å². The van der Waals surface area contributed by atoms with Gasteiger partial charge in [0.1, 0.15) is 18.1 Å². The third-order valence-electron chi connectivity index (χ3n) is 5.53. The van der Waals surface area contributed by atoms with Crippen LogP contribution < -0.4 is 9.47 Å². The fraction of sp³-hybridized carbons (Fsp3) is 0.280. The Bertz CT molecular complexity index is 933. The van der Waals surface area contributed by atoms with E-state index in [9.17, 15) is 0 Å². The molecular weight excluding hydrogens is 346 g/mol. The Balaban J connectivity index is 1.48. The van der Waals surface area contributed by atoms with Crippen LogP contribution in [0, 0.1) is 6.92 Å². The zero-order valence-corrected chi connectivity index (χ0v) is 16.7. The monoisotopic (exact) mass is 373 g/mol. The second-order valence-corrected chi connectivity index (χ2v) is 7.35. The van der Waals surface area contributed by atoms with Crippen LogP contribution in [0.2, 0.25) is 0 Å². The lowest BCUT2D eigenvalue weighted by Crippen LogP contribution is -2.36. The SMILES string of the molecule is COc1cc(OCc2cccc(-c3ccccc3)c2C)ccc1CN1CCC1. The zero-order chi connectivity index (χ0) is 19.3. The van der Waals surface area contributed by atoms with Crippen LogP contribution in [-0.2, 0) is 13.2 Å². The molecule has 0 saturated carbocycles. The quantitative estimate of drug-likeness (QED) is 0.549. The van der Waals surface area contributed by atoms with E-state index >= 15 is 0 Å². The Morgan fingerprint density at radius 1 is 0.893 bits per heavy atom. The van der Waals surface area contributed by atoms with Gasteiger partial charge in [-0.05, 0) is 54.8 Å². The summed E-state index contributed by atoms with van der Waals surface area (Å²) in [6.07, 6.45) is 1.30. The van der Waals surface area contributed by atoms with Crippen molar-refractivity contribution in [2.75, 3.05) is 20.2 Å². The first-order chi connectivity index (χ1) is 13.7. The Hall–Kier alpha value is -2.78. The molecule has 28 heavy (non-hydrogen) atoms. The minimum absolute atomic E-state index is 0.543. The standard InChI is InChI=1S/C25H27NO2/c1-19-22(10-6-11-24(19)20-8-4-3-5-9-20)18-28-23-13-12-21(25(16-23)27-2)17-26-14-7-15-26/h3-6,8-13,16H,7,14-15,17-18H2,1-2H3. The molecule has 1 aliphatic rings. The van der Waals surface area contributed by atoms with Gasteiger partial charge in [-0.25, -0.2) is 0 Å². The molecule has 1 heterocycles. The van der Waals surface area contributed by atoms with Crippen LogP contribution in [-0.4, -0.2) is 25.1 Å². The summed E-state index contributed by atoms with van der Waals surface area (Å²) in [6, 6.07) is 23.1. The van der Waals surface area contributed by atoms with Crippen molar-refractivity contribution in [3.63, 3.8) is 0 Å². The van der Waals surface area contributed by atoms with Crippen LogP contribution >= 0.6 is 0 Å². The molecule has 0 bridgehead atoms. The summed E-state index contributed by atoms with van der Waals surface area (Å²) in [7, 11) is 1.73.